The number of aromatic nitrogens is 2. The fraction of sp³-hybridized carbons (Fsp3) is 0.526. The van der Waals surface area contributed by atoms with Gasteiger partial charge in [-0.15, -0.1) is 17.9 Å². The van der Waals surface area contributed by atoms with Crippen LogP contribution in [0.1, 0.15) is 58.4 Å². The first kappa shape index (κ1) is 33.3. The fourth-order valence-corrected chi connectivity index (χ4v) is 10.9. The van der Waals surface area contributed by atoms with Gasteiger partial charge in [-0.25, -0.2) is 9.55 Å². The molecule has 3 heterocycles. The van der Waals surface area contributed by atoms with Crippen LogP contribution in [0.3, 0.4) is 0 Å². The van der Waals surface area contributed by atoms with Crippen LogP contribution in [-0.2, 0) is 25.6 Å². The van der Waals surface area contributed by atoms with Gasteiger partial charge in [0.15, 0.2) is 23.3 Å². The van der Waals surface area contributed by atoms with Gasteiger partial charge >= 0.3 is 5.97 Å². The number of ether oxygens (including phenoxy) is 4. The number of thiazole rings is 1. The summed E-state index contributed by atoms with van der Waals surface area (Å²) in [5, 5.41) is 2.02. The van der Waals surface area contributed by atoms with Crippen LogP contribution in [0.15, 0.2) is 65.1 Å². The lowest BCUT2D eigenvalue weighted by Gasteiger charge is -2.58. The average Bonchev–Trinajstić information content (AvgIpc) is 3.40. The minimum Gasteiger partial charge on any atom is -0.497 e. The van der Waals surface area contributed by atoms with Gasteiger partial charge in [0.05, 0.1) is 31.8 Å². The SMILES string of the molecule is C=C[C@]12C[C@@H](OC(=O)CSc3nc(-c4cc[n+](Cc5cc(OC)cc(OC)c5)cc4)cs3)[C@]3(C)[C@H](C)CC[C@]4(CCC(=O)[C@H]43)[C@@H](C)[C@@H]1O2. The quantitative estimate of drug-likeness (QED) is 0.0745. The van der Waals surface area contributed by atoms with Gasteiger partial charge in [-0.2, -0.15) is 0 Å². The van der Waals surface area contributed by atoms with E-state index in [9.17, 15) is 9.59 Å². The summed E-state index contributed by atoms with van der Waals surface area (Å²) in [6, 6.07) is 9.96. The molecule has 0 N–H and O–H groups in total. The fourth-order valence-electron chi connectivity index (χ4n) is 9.29. The molecule has 0 unspecified atom stereocenters. The number of thioether (sulfide) groups is 1. The number of benzene rings is 1. The van der Waals surface area contributed by atoms with Crippen LogP contribution in [0.25, 0.3) is 11.3 Å². The van der Waals surface area contributed by atoms with Crippen molar-refractivity contribution in [3.63, 3.8) is 0 Å². The van der Waals surface area contributed by atoms with Gasteiger partial charge in [0.1, 0.15) is 29.0 Å². The molecule has 4 aliphatic rings. The number of epoxide rings is 1. The molecule has 48 heavy (non-hydrogen) atoms. The second-order valence-corrected chi connectivity index (χ2v) is 16.5. The number of hydrogen-bond donors (Lipinski definition) is 0. The molecule has 1 aliphatic heterocycles. The zero-order valence-electron chi connectivity index (χ0n) is 28.4. The normalized spacial score (nSPS) is 33.5. The van der Waals surface area contributed by atoms with Crippen molar-refractivity contribution in [3.05, 3.63) is 66.3 Å². The van der Waals surface area contributed by atoms with E-state index in [2.05, 4.69) is 31.9 Å². The van der Waals surface area contributed by atoms with E-state index in [0.717, 1.165) is 51.9 Å². The van der Waals surface area contributed by atoms with E-state index in [0.29, 0.717) is 25.2 Å². The highest BCUT2D eigenvalue weighted by Crippen LogP contribution is 2.70. The first-order valence-electron chi connectivity index (χ1n) is 16.9. The maximum Gasteiger partial charge on any atom is 0.316 e. The van der Waals surface area contributed by atoms with Crippen LogP contribution in [0.5, 0.6) is 11.5 Å². The molecule has 3 saturated carbocycles. The van der Waals surface area contributed by atoms with E-state index in [-0.39, 0.29) is 41.0 Å². The van der Waals surface area contributed by atoms with Crippen molar-refractivity contribution in [2.24, 2.45) is 28.6 Å². The Morgan fingerprint density at radius 3 is 2.58 bits per heavy atom. The summed E-state index contributed by atoms with van der Waals surface area (Å²) in [4.78, 5) is 32.0. The van der Waals surface area contributed by atoms with Gasteiger partial charge in [-0.1, -0.05) is 38.6 Å². The van der Waals surface area contributed by atoms with Gasteiger partial charge in [0.2, 0.25) is 0 Å². The Balaban J connectivity index is 1.02. The van der Waals surface area contributed by atoms with Gasteiger partial charge in [-0.3, -0.25) is 9.59 Å². The summed E-state index contributed by atoms with van der Waals surface area (Å²) in [6.07, 6.45) is 9.66. The number of rotatable bonds is 10. The second kappa shape index (κ2) is 12.6. The molecule has 7 rings (SSSR count). The molecule has 8 atom stereocenters. The van der Waals surface area contributed by atoms with Crippen molar-refractivity contribution < 1.29 is 33.1 Å². The van der Waals surface area contributed by atoms with Crippen LogP contribution in [0.2, 0.25) is 0 Å². The van der Waals surface area contributed by atoms with Crippen molar-refractivity contribution in [1.82, 2.24) is 4.98 Å². The summed E-state index contributed by atoms with van der Waals surface area (Å²) in [5.74, 6) is 2.11. The number of methoxy groups -OCH3 is 2. The highest BCUT2D eigenvalue weighted by molar-refractivity contribution is 8.01. The molecule has 2 aromatic heterocycles. The van der Waals surface area contributed by atoms with Crippen LogP contribution in [0.4, 0.5) is 0 Å². The van der Waals surface area contributed by atoms with Crippen LogP contribution >= 0.6 is 23.1 Å². The molecule has 3 aliphatic carbocycles. The largest absolute Gasteiger partial charge is 0.497 e. The summed E-state index contributed by atoms with van der Waals surface area (Å²) in [7, 11) is 3.30. The molecule has 1 aromatic carbocycles. The second-order valence-electron chi connectivity index (χ2n) is 14.4. The summed E-state index contributed by atoms with van der Waals surface area (Å²) in [5.41, 5.74) is 1.88. The van der Waals surface area contributed by atoms with Gasteiger partial charge in [-0.05, 0) is 48.6 Å². The van der Waals surface area contributed by atoms with Gasteiger partial charge in [0, 0.05) is 58.9 Å². The highest BCUT2D eigenvalue weighted by Gasteiger charge is 2.73. The first-order chi connectivity index (χ1) is 23.0. The van der Waals surface area contributed by atoms with Crippen LogP contribution in [-0.4, -0.2) is 54.5 Å². The molecule has 2 bridgehead atoms. The lowest BCUT2D eigenvalue weighted by molar-refractivity contribution is -0.688. The van der Waals surface area contributed by atoms with Crippen molar-refractivity contribution in [3.8, 4) is 22.8 Å². The summed E-state index contributed by atoms with van der Waals surface area (Å²) < 4.78 is 26.6. The van der Waals surface area contributed by atoms with E-state index >= 15 is 0 Å². The topological polar surface area (TPSA) is 91.1 Å². The number of esters is 1. The number of ketones is 1. The molecule has 8 nitrogen and oxygen atoms in total. The third kappa shape index (κ3) is 5.57. The number of hydrogen-bond acceptors (Lipinski definition) is 9. The lowest BCUT2D eigenvalue weighted by Crippen LogP contribution is -2.60. The highest BCUT2D eigenvalue weighted by atomic mass is 32.2. The smallest absolute Gasteiger partial charge is 0.316 e. The van der Waals surface area contributed by atoms with Crippen molar-refractivity contribution >= 4 is 34.9 Å². The first-order valence-corrected chi connectivity index (χ1v) is 18.7. The van der Waals surface area contributed by atoms with Crippen molar-refractivity contribution in [2.75, 3.05) is 20.0 Å². The number of nitrogens with zero attached hydrogens (tertiary/aromatic N) is 2. The van der Waals surface area contributed by atoms with E-state index in [4.69, 9.17) is 23.9 Å². The molecule has 4 fully saturated rings. The minimum atomic E-state index is -0.502. The van der Waals surface area contributed by atoms with Crippen molar-refractivity contribution in [2.45, 2.75) is 81.6 Å². The maximum atomic E-state index is 13.6. The molecular formula is C38H45N2O6S2+. The standard InChI is InChI=1S/C38H45N2O6S2/c1-7-38-19-31(36(4)23(2)8-12-37(24(3)34(38)46-38)13-9-30(41)33(36)37)45-32(42)22-48-35-39-29(21-47-35)26-10-14-40(15-11-26)20-25-16-27(43-5)18-28(17-25)44-6/h7,10-11,14-18,21,23-24,31,33-34H,1,8-9,12-13,19-20,22H2,2-6H3/q+1/t23-,24+,31-,33+,34+,36+,37+,38+/m1/s1. The summed E-state index contributed by atoms with van der Waals surface area (Å²) in [6.45, 7) is 11.5. The third-order valence-electron chi connectivity index (χ3n) is 12.2. The average molecular weight is 690 g/mol. The van der Waals surface area contributed by atoms with E-state index < -0.39 is 17.1 Å². The maximum absolute atomic E-state index is 13.6. The van der Waals surface area contributed by atoms with Crippen LogP contribution in [0, 0.1) is 28.6 Å². The molecule has 0 amide bonds. The monoisotopic (exact) mass is 689 g/mol. The van der Waals surface area contributed by atoms with Gasteiger partial charge < -0.3 is 18.9 Å². The molecule has 3 aromatic rings. The predicted octanol–water partition coefficient (Wildman–Crippen LogP) is 6.93. The van der Waals surface area contributed by atoms with E-state index in [1.807, 2.05) is 54.2 Å². The number of carbonyl (C=O) groups excluding carboxylic acids is 2. The number of Topliss-reactive ketones (excluding diaryl/α,β-unsaturated/α-hetero) is 1. The third-order valence-corrected chi connectivity index (χ3v) is 14.2. The molecule has 10 heteroatoms. The Hall–Kier alpha value is -3.21. The van der Waals surface area contributed by atoms with Crippen molar-refractivity contribution in [1.29, 1.82) is 0 Å². The molecule has 254 valence electrons. The Kier molecular flexibility index (Phi) is 8.74. The van der Waals surface area contributed by atoms with Crippen LogP contribution < -0.4 is 14.0 Å². The minimum absolute atomic E-state index is 0.0171. The number of carbonyl (C=O) groups is 2. The predicted molar refractivity (Wildman–Crippen MR) is 185 cm³/mol. The molecule has 1 saturated heterocycles. The van der Waals surface area contributed by atoms with E-state index in [1.165, 1.54) is 23.1 Å². The molecular weight excluding hydrogens is 645 g/mol. The molecule has 0 spiro atoms. The zero-order chi connectivity index (χ0) is 33.8. The lowest BCUT2D eigenvalue weighted by atomic mass is 9.45. The van der Waals surface area contributed by atoms with Gasteiger partial charge in [0.25, 0.3) is 0 Å². The zero-order valence-corrected chi connectivity index (χ0v) is 30.0. The Morgan fingerprint density at radius 2 is 1.90 bits per heavy atom. The molecule has 0 radical (unpaired) electrons. The number of pyridine rings is 1. The van der Waals surface area contributed by atoms with E-state index in [1.54, 1.807) is 14.2 Å². The Labute approximate surface area is 291 Å². The Morgan fingerprint density at radius 1 is 1.17 bits per heavy atom. The number of fused-ring (bicyclic) bond motifs is 1. The summed E-state index contributed by atoms with van der Waals surface area (Å²) >= 11 is 2.92. The Bertz CT molecular complexity index is 1700.